The number of imidazole rings is 1. The van der Waals surface area contributed by atoms with E-state index in [1.54, 1.807) is 29.2 Å². The van der Waals surface area contributed by atoms with Crippen molar-refractivity contribution in [3.8, 4) is 11.1 Å². The van der Waals surface area contributed by atoms with E-state index in [1.165, 1.54) is 40.6 Å². The number of hydrogen-bond acceptors (Lipinski definition) is 5. The van der Waals surface area contributed by atoms with E-state index in [0.717, 1.165) is 22.5 Å². The minimum absolute atomic E-state index is 0.265. The Labute approximate surface area is 253 Å². The summed E-state index contributed by atoms with van der Waals surface area (Å²) in [5, 5.41) is 4.82. The van der Waals surface area contributed by atoms with Crippen molar-refractivity contribution in [1.82, 2.24) is 28.9 Å². The van der Waals surface area contributed by atoms with Gasteiger partial charge in [0.15, 0.2) is 5.16 Å². The quantitative estimate of drug-likeness (QED) is 0.139. The van der Waals surface area contributed by atoms with Crippen molar-refractivity contribution in [3.05, 3.63) is 154 Å². The molecule has 0 saturated carbocycles. The molecule has 0 saturated heterocycles. The van der Waals surface area contributed by atoms with E-state index in [0.29, 0.717) is 36.0 Å². The third-order valence-corrected chi connectivity index (χ3v) is 8.33. The van der Waals surface area contributed by atoms with Crippen LogP contribution in [0.2, 0.25) is 0 Å². The summed E-state index contributed by atoms with van der Waals surface area (Å²) in [5.74, 6) is 1.13. The van der Waals surface area contributed by atoms with Crippen LogP contribution in [0.15, 0.2) is 114 Å². The zero-order chi connectivity index (χ0) is 29.8. The molecule has 0 atom stereocenters. The van der Waals surface area contributed by atoms with Crippen LogP contribution >= 0.6 is 11.8 Å². The predicted molar refractivity (Wildman–Crippen MR) is 168 cm³/mol. The van der Waals surface area contributed by atoms with Crippen LogP contribution < -0.4 is 5.56 Å². The number of benzene rings is 3. The van der Waals surface area contributed by atoms with Gasteiger partial charge in [0.1, 0.15) is 11.6 Å². The van der Waals surface area contributed by atoms with Crippen molar-refractivity contribution in [1.29, 1.82) is 0 Å². The van der Waals surface area contributed by atoms with Gasteiger partial charge in [-0.05, 0) is 46.9 Å². The van der Waals surface area contributed by atoms with Crippen LogP contribution in [0.3, 0.4) is 0 Å². The van der Waals surface area contributed by atoms with Crippen molar-refractivity contribution in [3.63, 3.8) is 0 Å². The highest BCUT2D eigenvalue weighted by Gasteiger charge is 2.14. The Bertz CT molecular complexity index is 1890. The summed E-state index contributed by atoms with van der Waals surface area (Å²) >= 11 is 1.45. The Hall–Kier alpha value is -4.76. The fourth-order valence-corrected chi connectivity index (χ4v) is 5.83. The summed E-state index contributed by atoms with van der Waals surface area (Å²) < 4.78 is 19.3. The lowest BCUT2D eigenvalue weighted by Gasteiger charge is -2.15. The SMILES string of the molecule is Cc1ccc(-c2ccc(Cn3ccnc3Cn3cc(Cc4cnn(C)c4)c(=O)nc3SCc3ccc(F)cc3)cc2)cc1. The molecule has 6 rings (SSSR count). The van der Waals surface area contributed by atoms with Gasteiger partial charge >= 0.3 is 0 Å². The van der Waals surface area contributed by atoms with E-state index in [1.807, 2.05) is 30.2 Å². The predicted octanol–water partition coefficient (Wildman–Crippen LogP) is 6.27. The molecule has 0 N–H and O–H groups in total. The maximum atomic E-state index is 13.4. The first-order chi connectivity index (χ1) is 20.9. The molecule has 3 aromatic carbocycles. The molecule has 0 bridgehead atoms. The van der Waals surface area contributed by atoms with Gasteiger partial charge in [0.2, 0.25) is 0 Å². The van der Waals surface area contributed by atoms with Crippen LogP contribution in [-0.4, -0.2) is 28.9 Å². The number of rotatable bonds is 10. The van der Waals surface area contributed by atoms with Crippen molar-refractivity contribution < 1.29 is 4.39 Å². The number of nitrogens with zero attached hydrogens (tertiary/aromatic N) is 6. The van der Waals surface area contributed by atoms with Gasteiger partial charge in [-0.3, -0.25) is 9.48 Å². The maximum Gasteiger partial charge on any atom is 0.277 e. The zero-order valence-electron chi connectivity index (χ0n) is 24.0. The molecule has 0 aliphatic carbocycles. The van der Waals surface area contributed by atoms with E-state index in [4.69, 9.17) is 0 Å². The molecule has 3 aromatic heterocycles. The minimum atomic E-state index is -0.278. The molecule has 3 heterocycles. The molecule has 0 radical (unpaired) electrons. The summed E-state index contributed by atoms with van der Waals surface area (Å²) in [6.07, 6.45) is 9.75. The molecule has 7 nitrogen and oxygen atoms in total. The van der Waals surface area contributed by atoms with Gasteiger partial charge in [-0.15, -0.1) is 0 Å². The molecule has 0 unspecified atom stereocenters. The summed E-state index contributed by atoms with van der Waals surface area (Å²) in [6, 6.07) is 23.5. The smallest absolute Gasteiger partial charge is 0.277 e. The first kappa shape index (κ1) is 28.4. The van der Waals surface area contributed by atoms with E-state index in [2.05, 4.69) is 75.1 Å². The Morgan fingerprint density at radius 3 is 2.21 bits per heavy atom. The van der Waals surface area contributed by atoms with Crippen LogP contribution in [0.1, 0.15) is 33.6 Å². The lowest BCUT2D eigenvalue weighted by Crippen LogP contribution is -2.21. The van der Waals surface area contributed by atoms with Crippen molar-refractivity contribution >= 4 is 11.8 Å². The highest BCUT2D eigenvalue weighted by molar-refractivity contribution is 7.98. The highest BCUT2D eigenvalue weighted by atomic mass is 32.2. The second kappa shape index (κ2) is 12.6. The van der Waals surface area contributed by atoms with Crippen LogP contribution in [-0.2, 0) is 32.3 Å². The Morgan fingerprint density at radius 1 is 0.814 bits per heavy atom. The molecule has 0 amide bonds. The van der Waals surface area contributed by atoms with Crippen LogP contribution in [0.5, 0.6) is 0 Å². The molecule has 6 aromatic rings. The summed E-state index contributed by atoms with van der Waals surface area (Å²) in [6.45, 7) is 3.19. The average Bonchev–Trinajstić information content (AvgIpc) is 3.63. The van der Waals surface area contributed by atoms with Crippen LogP contribution in [0.4, 0.5) is 4.39 Å². The van der Waals surface area contributed by atoms with Gasteiger partial charge in [-0.25, -0.2) is 9.37 Å². The van der Waals surface area contributed by atoms with E-state index >= 15 is 0 Å². The first-order valence-electron chi connectivity index (χ1n) is 14.0. The van der Waals surface area contributed by atoms with Crippen LogP contribution in [0.25, 0.3) is 11.1 Å². The second-order valence-electron chi connectivity index (χ2n) is 10.6. The fraction of sp³-hybridized carbons (Fsp3) is 0.176. The highest BCUT2D eigenvalue weighted by Crippen LogP contribution is 2.23. The van der Waals surface area contributed by atoms with Gasteiger partial charge < -0.3 is 9.13 Å². The van der Waals surface area contributed by atoms with Crippen molar-refractivity contribution in [2.24, 2.45) is 7.05 Å². The Morgan fingerprint density at radius 2 is 1.51 bits per heavy atom. The topological polar surface area (TPSA) is 70.5 Å². The molecule has 0 aliphatic heterocycles. The molecular weight excluding hydrogens is 559 g/mol. The number of aryl methyl sites for hydroxylation is 2. The van der Waals surface area contributed by atoms with E-state index in [9.17, 15) is 9.18 Å². The van der Waals surface area contributed by atoms with Gasteiger partial charge in [-0.2, -0.15) is 10.1 Å². The van der Waals surface area contributed by atoms with Gasteiger partial charge in [0.25, 0.3) is 5.56 Å². The third-order valence-electron chi connectivity index (χ3n) is 7.27. The average molecular weight is 591 g/mol. The molecule has 0 spiro atoms. The zero-order valence-corrected chi connectivity index (χ0v) is 24.8. The monoisotopic (exact) mass is 590 g/mol. The Balaban J connectivity index is 1.25. The van der Waals surface area contributed by atoms with Gasteiger partial charge in [0.05, 0.1) is 12.7 Å². The second-order valence-corrected chi connectivity index (χ2v) is 11.6. The standard InChI is InChI=1S/C34H31FN6OS/c1-24-3-9-28(10-4-24)29-11-5-25(6-12-29)20-40-16-15-36-32(40)22-41-21-30(17-27-18-37-39(2)19-27)33(42)38-34(41)43-23-26-7-13-31(35)14-8-26/h3-16,18-19,21H,17,20,22-23H2,1-2H3. The molecular formula is C34H31FN6OS. The summed E-state index contributed by atoms with van der Waals surface area (Å²) in [7, 11) is 1.85. The molecule has 216 valence electrons. The lowest BCUT2D eigenvalue weighted by molar-refractivity contribution is 0.599. The molecule has 0 aliphatic rings. The van der Waals surface area contributed by atoms with Crippen LogP contribution in [0, 0.1) is 12.7 Å². The Kier molecular flexibility index (Phi) is 8.33. The first-order valence-corrected chi connectivity index (χ1v) is 15.0. The molecule has 0 fully saturated rings. The van der Waals surface area contributed by atoms with E-state index < -0.39 is 0 Å². The fourth-order valence-electron chi connectivity index (χ4n) is 4.92. The minimum Gasteiger partial charge on any atom is -0.329 e. The molecule has 9 heteroatoms. The number of thioether (sulfide) groups is 1. The van der Waals surface area contributed by atoms with Gasteiger partial charge in [0, 0.05) is 56.1 Å². The number of halogens is 1. The lowest BCUT2D eigenvalue weighted by atomic mass is 10.0. The van der Waals surface area contributed by atoms with E-state index in [-0.39, 0.29) is 11.4 Å². The maximum absolute atomic E-state index is 13.4. The third kappa shape index (κ3) is 7.01. The summed E-state index contributed by atoms with van der Waals surface area (Å²) in [4.78, 5) is 22.2. The van der Waals surface area contributed by atoms with Crippen molar-refractivity contribution in [2.45, 2.75) is 37.3 Å². The van der Waals surface area contributed by atoms with Crippen molar-refractivity contribution in [2.75, 3.05) is 0 Å². The largest absolute Gasteiger partial charge is 0.329 e. The number of hydrogen-bond donors (Lipinski definition) is 0. The summed E-state index contributed by atoms with van der Waals surface area (Å²) in [5.41, 5.74) is 6.99. The number of aromatic nitrogens is 6. The normalized spacial score (nSPS) is 11.2. The molecule has 43 heavy (non-hydrogen) atoms. The van der Waals surface area contributed by atoms with Gasteiger partial charge in [-0.1, -0.05) is 78.0 Å².